The van der Waals surface area contributed by atoms with Gasteiger partial charge >= 0.3 is 0 Å². The van der Waals surface area contributed by atoms with Gasteiger partial charge < -0.3 is 9.80 Å². The highest BCUT2D eigenvalue weighted by molar-refractivity contribution is 9.08. The van der Waals surface area contributed by atoms with Crippen molar-refractivity contribution in [1.29, 1.82) is 0 Å². The van der Waals surface area contributed by atoms with Crippen LogP contribution in [-0.4, -0.2) is 37.6 Å². The number of halogens is 2. The van der Waals surface area contributed by atoms with Crippen LogP contribution in [0.25, 0.3) is 0 Å². The van der Waals surface area contributed by atoms with Crippen molar-refractivity contribution in [3.8, 4) is 0 Å². The Balaban J connectivity index is 2.30. The van der Waals surface area contributed by atoms with E-state index in [1.54, 1.807) is 0 Å². The molecule has 0 spiro atoms. The third-order valence-electron chi connectivity index (χ3n) is 3.37. The number of hydrogen-bond donors (Lipinski definition) is 0. The van der Waals surface area contributed by atoms with Crippen LogP contribution in [0.5, 0.6) is 0 Å². The minimum absolute atomic E-state index is 0.532. The quantitative estimate of drug-likeness (QED) is 0.772. The molecule has 1 fully saturated rings. The molecule has 1 aromatic rings. The number of alkyl halides is 1. The molecule has 1 aliphatic heterocycles. The van der Waals surface area contributed by atoms with Crippen molar-refractivity contribution in [2.75, 3.05) is 31.6 Å². The lowest BCUT2D eigenvalue weighted by atomic mass is 10.1. The second-order valence-electron chi connectivity index (χ2n) is 4.68. The SMILES string of the molecule is CC1CN(C)CCN1c1cccc(Cl)c1CBr. The van der Waals surface area contributed by atoms with E-state index in [1.807, 2.05) is 12.1 Å². The van der Waals surface area contributed by atoms with E-state index in [0.717, 1.165) is 30.0 Å². The van der Waals surface area contributed by atoms with Crippen LogP contribution in [0.4, 0.5) is 5.69 Å². The molecule has 0 amide bonds. The second-order valence-corrected chi connectivity index (χ2v) is 5.64. The summed E-state index contributed by atoms with van der Waals surface area (Å²) in [5.41, 5.74) is 2.47. The lowest BCUT2D eigenvalue weighted by Gasteiger charge is -2.40. The number of piperazine rings is 1. The lowest BCUT2D eigenvalue weighted by Crippen LogP contribution is -2.50. The van der Waals surface area contributed by atoms with Crippen LogP contribution in [0.2, 0.25) is 5.02 Å². The minimum Gasteiger partial charge on any atom is -0.366 e. The highest BCUT2D eigenvalue weighted by Gasteiger charge is 2.23. The second kappa shape index (κ2) is 5.59. The Morgan fingerprint density at radius 3 is 2.82 bits per heavy atom. The van der Waals surface area contributed by atoms with Crippen LogP contribution in [0, 0.1) is 0 Å². The van der Waals surface area contributed by atoms with E-state index in [9.17, 15) is 0 Å². The van der Waals surface area contributed by atoms with Crippen LogP contribution in [-0.2, 0) is 5.33 Å². The smallest absolute Gasteiger partial charge is 0.0467 e. The largest absolute Gasteiger partial charge is 0.366 e. The third kappa shape index (κ3) is 2.78. The summed E-state index contributed by atoms with van der Waals surface area (Å²) in [4.78, 5) is 4.84. The van der Waals surface area contributed by atoms with Gasteiger partial charge in [-0.15, -0.1) is 0 Å². The summed E-state index contributed by atoms with van der Waals surface area (Å²) in [6.45, 7) is 5.55. The molecule has 1 atom stereocenters. The van der Waals surface area contributed by atoms with E-state index in [-0.39, 0.29) is 0 Å². The Kier molecular flexibility index (Phi) is 4.34. The van der Waals surface area contributed by atoms with Gasteiger partial charge in [0, 0.05) is 47.3 Å². The normalized spacial score (nSPS) is 21.9. The van der Waals surface area contributed by atoms with Gasteiger partial charge in [-0.1, -0.05) is 33.6 Å². The molecule has 1 unspecified atom stereocenters. The summed E-state index contributed by atoms with van der Waals surface area (Å²) >= 11 is 9.79. The van der Waals surface area contributed by atoms with E-state index in [0.29, 0.717) is 6.04 Å². The van der Waals surface area contributed by atoms with Crippen molar-refractivity contribution in [2.24, 2.45) is 0 Å². The van der Waals surface area contributed by atoms with Crippen LogP contribution < -0.4 is 4.90 Å². The molecule has 1 aliphatic rings. The fraction of sp³-hybridized carbons (Fsp3) is 0.538. The maximum Gasteiger partial charge on any atom is 0.0467 e. The summed E-state index contributed by atoms with van der Waals surface area (Å²) in [6.07, 6.45) is 0. The van der Waals surface area contributed by atoms with E-state index < -0.39 is 0 Å². The standard InChI is InChI=1S/C13H18BrClN2/c1-10-9-16(2)6-7-17(10)13-5-3-4-12(15)11(13)8-14/h3-5,10H,6-9H2,1-2H3. The number of hydrogen-bond acceptors (Lipinski definition) is 2. The van der Waals surface area contributed by atoms with Gasteiger partial charge in [0.15, 0.2) is 0 Å². The molecule has 0 saturated carbocycles. The first-order valence-corrected chi connectivity index (χ1v) is 7.42. The van der Waals surface area contributed by atoms with Crippen molar-refractivity contribution < 1.29 is 0 Å². The minimum atomic E-state index is 0.532. The summed E-state index contributed by atoms with van der Waals surface area (Å²) in [6, 6.07) is 6.70. The number of nitrogens with zero attached hydrogens (tertiary/aromatic N) is 2. The van der Waals surface area contributed by atoms with E-state index in [4.69, 9.17) is 11.6 Å². The molecular weight excluding hydrogens is 300 g/mol. The van der Waals surface area contributed by atoms with Crippen LogP contribution in [0.1, 0.15) is 12.5 Å². The molecule has 1 aromatic carbocycles. The van der Waals surface area contributed by atoms with Gasteiger partial charge in [-0.2, -0.15) is 0 Å². The highest BCUT2D eigenvalue weighted by atomic mass is 79.9. The van der Waals surface area contributed by atoms with Gasteiger partial charge in [0.1, 0.15) is 0 Å². The summed E-state index contributed by atoms with van der Waals surface area (Å²) in [5, 5.41) is 1.66. The molecule has 2 nitrogen and oxygen atoms in total. The number of likely N-dealkylation sites (N-methyl/N-ethyl adjacent to an activating group) is 1. The first-order chi connectivity index (χ1) is 8.13. The fourth-order valence-corrected chi connectivity index (χ4v) is 3.43. The molecule has 2 rings (SSSR count). The van der Waals surface area contributed by atoms with E-state index in [1.165, 1.54) is 11.3 Å². The Labute approximate surface area is 117 Å². The third-order valence-corrected chi connectivity index (χ3v) is 4.28. The van der Waals surface area contributed by atoms with Crippen molar-refractivity contribution in [2.45, 2.75) is 18.3 Å². The molecule has 1 saturated heterocycles. The van der Waals surface area contributed by atoms with Gasteiger partial charge in [0.25, 0.3) is 0 Å². The van der Waals surface area contributed by atoms with Gasteiger partial charge in [-0.3, -0.25) is 0 Å². The molecule has 17 heavy (non-hydrogen) atoms. The van der Waals surface area contributed by atoms with Crippen LogP contribution in [0.3, 0.4) is 0 Å². The summed E-state index contributed by atoms with van der Waals surface area (Å²) in [7, 11) is 2.18. The fourth-order valence-electron chi connectivity index (χ4n) is 2.45. The number of anilines is 1. The Hall–Kier alpha value is -0.250. The molecule has 94 valence electrons. The first kappa shape index (κ1) is 13.2. The van der Waals surface area contributed by atoms with E-state index in [2.05, 4.69) is 45.8 Å². The molecule has 0 radical (unpaired) electrons. The topological polar surface area (TPSA) is 6.48 Å². The maximum absolute atomic E-state index is 6.26. The van der Waals surface area contributed by atoms with Crippen molar-refractivity contribution in [3.05, 3.63) is 28.8 Å². The Morgan fingerprint density at radius 1 is 1.41 bits per heavy atom. The monoisotopic (exact) mass is 316 g/mol. The first-order valence-electron chi connectivity index (χ1n) is 5.92. The maximum atomic E-state index is 6.26. The number of rotatable bonds is 2. The highest BCUT2D eigenvalue weighted by Crippen LogP contribution is 2.31. The van der Waals surface area contributed by atoms with Crippen molar-refractivity contribution in [1.82, 2.24) is 4.90 Å². The molecule has 1 heterocycles. The summed E-state index contributed by atoms with van der Waals surface area (Å²) < 4.78 is 0. The van der Waals surface area contributed by atoms with Crippen molar-refractivity contribution >= 4 is 33.2 Å². The molecular formula is C13H18BrClN2. The lowest BCUT2D eigenvalue weighted by molar-refractivity contribution is 0.275. The number of benzene rings is 1. The van der Waals surface area contributed by atoms with Crippen LogP contribution in [0.15, 0.2) is 18.2 Å². The van der Waals surface area contributed by atoms with Gasteiger partial charge in [0.2, 0.25) is 0 Å². The van der Waals surface area contributed by atoms with Gasteiger partial charge in [-0.05, 0) is 26.1 Å². The predicted octanol–water partition coefficient (Wildman–Crippen LogP) is 3.38. The van der Waals surface area contributed by atoms with Gasteiger partial charge in [-0.25, -0.2) is 0 Å². The zero-order valence-electron chi connectivity index (χ0n) is 10.3. The zero-order valence-corrected chi connectivity index (χ0v) is 12.6. The molecule has 0 aromatic heterocycles. The molecule has 0 aliphatic carbocycles. The molecule has 0 bridgehead atoms. The van der Waals surface area contributed by atoms with Crippen molar-refractivity contribution in [3.63, 3.8) is 0 Å². The zero-order chi connectivity index (χ0) is 12.4. The van der Waals surface area contributed by atoms with Crippen LogP contribution >= 0.6 is 27.5 Å². The predicted molar refractivity (Wildman–Crippen MR) is 78.4 cm³/mol. The average Bonchev–Trinajstić information content (AvgIpc) is 2.29. The average molecular weight is 318 g/mol. The Morgan fingerprint density at radius 2 is 2.18 bits per heavy atom. The summed E-state index contributed by atoms with van der Waals surface area (Å²) in [5.74, 6) is 0. The molecule has 4 heteroatoms. The Bertz CT molecular complexity index is 397. The van der Waals surface area contributed by atoms with Gasteiger partial charge in [0.05, 0.1) is 0 Å². The van der Waals surface area contributed by atoms with E-state index >= 15 is 0 Å². The molecule has 0 N–H and O–H groups in total.